The van der Waals surface area contributed by atoms with Crippen LogP contribution in [0.5, 0.6) is 0 Å². The van der Waals surface area contributed by atoms with Gasteiger partial charge in [-0.15, -0.1) is 0 Å². The predicted octanol–water partition coefficient (Wildman–Crippen LogP) is 3.38. The average molecular weight is 201 g/mol. The van der Waals surface area contributed by atoms with E-state index in [0.29, 0.717) is 11.3 Å². The molecule has 0 fully saturated rings. The number of nitrogen functional groups attached to an aromatic ring is 1. The van der Waals surface area contributed by atoms with Crippen LogP contribution in [0.1, 0.15) is 5.56 Å². The van der Waals surface area contributed by atoms with Crippen molar-refractivity contribution in [2.75, 3.05) is 5.73 Å². The van der Waals surface area contributed by atoms with Crippen LogP contribution >= 0.6 is 0 Å². The lowest BCUT2D eigenvalue weighted by Crippen LogP contribution is -1.87. The second-order valence-electron chi connectivity index (χ2n) is 3.61. The summed E-state index contributed by atoms with van der Waals surface area (Å²) in [5, 5.41) is 0. The van der Waals surface area contributed by atoms with Crippen LogP contribution in [0, 0.1) is 12.7 Å². The van der Waals surface area contributed by atoms with Gasteiger partial charge in [0, 0.05) is 11.3 Å². The Morgan fingerprint density at radius 2 is 1.67 bits per heavy atom. The van der Waals surface area contributed by atoms with E-state index in [1.807, 2.05) is 25.1 Å². The van der Waals surface area contributed by atoms with Crippen molar-refractivity contribution in [2.45, 2.75) is 6.92 Å². The van der Waals surface area contributed by atoms with Gasteiger partial charge in [-0.2, -0.15) is 0 Å². The number of hydrogen-bond acceptors (Lipinski definition) is 1. The lowest BCUT2D eigenvalue weighted by atomic mass is 10.0. The molecule has 2 N–H and O–H groups in total. The Kier molecular flexibility index (Phi) is 2.42. The number of halogens is 1. The molecule has 0 aromatic heterocycles. The Morgan fingerprint density at radius 1 is 1.00 bits per heavy atom. The van der Waals surface area contributed by atoms with E-state index in [2.05, 4.69) is 0 Å². The quantitative estimate of drug-likeness (QED) is 0.703. The second-order valence-corrected chi connectivity index (χ2v) is 3.61. The Bertz CT molecular complexity index is 474. The number of benzene rings is 2. The monoisotopic (exact) mass is 201 g/mol. The molecule has 0 heterocycles. The summed E-state index contributed by atoms with van der Waals surface area (Å²) >= 11 is 0. The summed E-state index contributed by atoms with van der Waals surface area (Å²) in [6.07, 6.45) is 0. The van der Waals surface area contributed by atoms with Gasteiger partial charge >= 0.3 is 0 Å². The zero-order chi connectivity index (χ0) is 10.8. The molecule has 0 aliphatic rings. The normalized spacial score (nSPS) is 10.3. The van der Waals surface area contributed by atoms with Gasteiger partial charge in [0.25, 0.3) is 0 Å². The van der Waals surface area contributed by atoms with Gasteiger partial charge in [-0.1, -0.05) is 23.8 Å². The van der Waals surface area contributed by atoms with Gasteiger partial charge in [0.15, 0.2) is 0 Å². The minimum Gasteiger partial charge on any atom is -0.399 e. The zero-order valence-electron chi connectivity index (χ0n) is 8.50. The smallest absolute Gasteiger partial charge is 0.131 e. The van der Waals surface area contributed by atoms with Gasteiger partial charge in [0.05, 0.1) is 0 Å². The Labute approximate surface area is 88.4 Å². The molecule has 0 aliphatic heterocycles. The van der Waals surface area contributed by atoms with Gasteiger partial charge in [-0.05, 0) is 36.8 Å². The SMILES string of the molecule is Cc1ccc(F)c(-c2ccc(N)cc2)c1. The van der Waals surface area contributed by atoms with Gasteiger partial charge in [-0.25, -0.2) is 4.39 Å². The van der Waals surface area contributed by atoms with Gasteiger partial charge in [-0.3, -0.25) is 0 Å². The molecular formula is C13H12FN. The highest BCUT2D eigenvalue weighted by atomic mass is 19.1. The molecule has 2 aromatic carbocycles. The van der Waals surface area contributed by atoms with E-state index in [1.165, 1.54) is 6.07 Å². The summed E-state index contributed by atoms with van der Waals surface area (Å²) < 4.78 is 13.5. The summed E-state index contributed by atoms with van der Waals surface area (Å²) in [6.45, 7) is 1.94. The molecule has 0 bridgehead atoms. The molecule has 2 rings (SSSR count). The molecular weight excluding hydrogens is 189 g/mol. The molecule has 2 heteroatoms. The van der Waals surface area contributed by atoms with Crippen molar-refractivity contribution in [2.24, 2.45) is 0 Å². The maximum atomic E-state index is 13.5. The highest BCUT2D eigenvalue weighted by molar-refractivity contribution is 5.66. The van der Waals surface area contributed by atoms with Crippen LogP contribution in [0.4, 0.5) is 10.1 Å². The maximum absolute atomic E-state index is 13.5. The predicted molar refractivity (Wildman–Crippen MR) is 61.0 cm³/mol. The van der Waals surface area contributed by atoms with Crippen molar-refractivity contribution >= 4 is 5.69 Å². The molecule has 1 nitrogen and oxygen atoms in total. The van der Waals surface area contributed by atoms with Crippen molar-refractivity contribution in [1.29, 1.82) is 0 Å². The van der Waals surface area contributed by atoms with Crippen molar-refractivity contribution in [3.63, 3.8) is 0 Å². The van der Waals surface area contributed by atoms with Crippen molar-refractivity contribution in [3.05, 3.63) is 53.8 Å². The molecule has 0 amide bonds. The van der Waals surface area contributed by atoms with E-state index in [4.69, 9.17) is 5.73 Å². The molecule has 0 aliphatic carbocycles. The minimum absolute atomic E-state index is 0.203. The molecule has 0 spiro atoms. The molecule has 0 atom stereocenters. The first kappa shape index (κ1) is 9.71. The summed E-state index contributed by atoms with van der Waals surface area (Å²) in [5.74, 6) is -0.203. The third kappa shape index (κ3) is 1.99. The van der Waals surface area contributed by atoms with Crippen LogP contribution in [-0.2, 0) is 0 Å². The topological polar surface area (TPSA) is 26.0 Å². The zero-order valence-corrected chi connectivity index (χ0v) is 8.50. The van der Waals surface area contributed by atoms with Crippen molar-refractivity contribution < 1.29 is 4.39 Å². The molecule has 15 heavy (non-hydrogen) atoms. The van der Waals surface area contributed by atoms with E-state index in [0.717, 1.165) is 11.1 Å². The molecule has 0 radical (unpaired) electrons. The second kappa shape index (κ2) is 3.73. The van der Waals surface area contributed by atoms with Crippen LogP contribution in [0.3, 0.4) is 0 Å². The van der Waals surface area contributed by atoms with Gasteiger partial charge in [0.2, 0.25) is 0 Å². The van der Waals surface area contributed by atoms with E-state index < -0.39 is 0 Å². The number of nitrogens with two attached hydrogens (primary N) is 1. The maximum Gasteiger partial charge on any atom is 0.131 e. The van der Waals surface area contributed by atoms with E-state index in [1.54, 1.807) is 18.2 Å². The molecule has 0 saturated carbocycles. The highest BCUT2D eigenvalue weighted by Gasteiger charge is 2.04. The number of hydrogen-bond donors (Lipinski definition) is 1. The minimum atomic E-state index is -0.203. The number of rotatable bonds is 1. The fourth-order valence-corrected chi connectivity index (χ4v) is 1.52. The van der Waals surface area contributed by atoms with Crippen LogP contribution in [0.2, 0.25) is 0 Å². The van der Waals surface area contributed by atoms with E-state index >= 15 is 0 Å². The first-order valence-electron chi connectivity index (χ1n) is 4.79. The van der Waals surface area contributed by atoms with Crippen LogP contribution in [0.25, 0.3) is 11.1 Å². The molecule has 2 aromatic rings. The van der Waals surface area contributed by atoms with Crippen LogP contribution in [-0.4, -0.2) is 0 Å². The molecule has 0 saturated heterocycles. The third-order valence-electron chi connectivity index (χ3n) is 2.34. The largest absolute Gasteiger partial charge is 0.399 e. The third-order valence-corrected chi connectivity index (χ3v) is 2.34. The summed E-state index contributed by atoms with van der Waals surface area (Å²) in [5.41, 5.74) is 8.78. The highest BCUT2D eigenvalue weighted by Crippen LogP contribution is 2.24. The molecule has 76 valence electrons. The standard InChI is InChI=1S/C13H12FN/c1-9-2-7-13(14)12(8-9)10-3-5-11(15)6-4-10/h2-8H,15H2,1H3. The average Bonchev–Trinajstić information content (AvgIpc) is 2.23. The van der Waals surface area contributed by atoms with Crippen molar-refractivity contribution in [3.8, 4) is 11.1 Å². The van der Waals surface area contributed by atoms with Crippen molar-refractivity contribution in [1.82, 2.24) is 0 Å². The Balaban J connectivity index is 2.53. The van der Waals surface area contributed by atoms with Gasteiger partial charge < -0.3 is 5.73 Å². The van der Waals surface area contributed by atoms with Crippen LogP contribution in [0.15, 0.2) is 42.5 Å². The fourth-order valence-electron chi connectivity index (χ4n) is 1.52. The Morgan fingerprint density at radius 3 is 2.33 bits per heavy atom. The summed E-state index contributed by atoms with van der Waals surface area (Å²) in [6, 6.07) is 12.3. The summed E-state index contributed by atoms with van der Waals surface area (Å²) in [4.78, 5) is 0. The first-order chi connectivity index (χ1) is 7.16. The van der Waals surface area contributed by atoms with E-state index in [9.17, 15) is 4.39 Å². The fraction of sp³-hybridized carbons (Fsp3) is 0.0769. The van der Waals surface area contributed by atoms with E-state index in [-0.39, 0.29) is 5.82 Å². The van der Waals surface area contributed by atoms with Gasteiger partial charge in [0.1, 0.15) is 5.82 Å². The Hall–Kier alpha value is -1.83. The number of aryl methyl sites for hydroxylation is 1. The first-order valence-corrected chi connectivity index (χ1v) is 4.79. The lowest BCUT2D eigenvalue weighted by molar-refractivity contribution is 0.631. The number of anilines is 1. The van der Waals surface area contributed by atoms with Crippen LogP contribution < -0.4 is 5.73 Å². The molecule has 0 unspecified atom stereocenters. The lowest BCUT2D eigenvalue weighted by Gasteiger charge is -2.05. The summed E-state index contributed by atoms with van der Waals surface area (Å²) in [7, 11) is 0.